The monoisotopic (exact) mass is 322 g/mol. The number of amides is 1. The van der Waals surface area contributed by atoms with Crippen LogP contribution in [0.25, 0.3) is 11.3 Å². The number of benzene rings is 1. The van der Waals surface area contributed by atoms with E-state index in [0.29, 0.717) is 36.3 Å². The van der Waals surface area contributed by atoms with E-state index in [9.17, 15) is 4.79 Å². The zero-order valence-electron chi connectivity index (χ0n) is 12.9. The Morgan fingerprint density at radius 2 is 2.05 bits per heavy atom. The van der Waals surface area contributed by atoms with Crippen molar-refractivity contribution in [1.29, 1.82) is 0 Å². The van der Waals surface area contributed by atoms with E-state index in [1.165, 1.54) is 0 Å². The Morgan fingerprint density at radius 1 is 1.32 bits per heavy atom. The molecule has 0 aliphatic carbocycles. The molecule has 0 saturated heterocycles. The van der Waals surface area contributed by atoms with Crippen LogP contribution >= 0.6 is 11.6 Å². The van der Waals surface area contributed by atoms with Crippen molar-refractivity contribution in [2.75, 3.05) is 19.6 Å². The van der Waals surface area contributed by atoms with Crippen LogP contribution in [-0.2, 0) is 11.3 Å². The second-order valence-electron chi connectivity index (χ2n) is 5.04. The summed E-state index contributed by atoms with van der Waals surface area (Å²) in [7, 11) is 0. The van der Waals surface area contributed by atoms with Crippen LogP contribution in [-0.4, -0.2) is 30.5 Å². The molecule has 0 saturated carbocycles. The molecule has 0 bridgehead atoms. The van der Waals surface area contributed by atoms with Crippen LogP contribution in [0.5, 0.6) is 0 Å². The molecule has 1 atom stereocenters. The lowest BCUT2D eigenvalue weighted by molar-refractivity contribution is -0.905. The van der Waals surface area contributed by atoms with Gasteiger partial charge in [0, 0.05) is 17.1 Å². The molecule has 1 aromatic heterocycles. The summed E-state index contributed by atoms with van der Waals surface area (Å²) in [5.41, 5.74) is 0.935. The van der Waals surface area contributed by atoms with E-state index in [-0.39, 0.29) is 5.91 Å². The number of aromatic nitrogens is 1. The van der Waals surface area contributed by atoms with Gasteiger partial charge in [-0.25, -0.2) is 4.98 Å². The van der Waals surface area contributed by atoms with E-state index in [0.717, 1.165) is 17.0 Å². The highest BCUT2D eigenvalue weighted by atomic mass is 35.5. The number of nitrogens with zero attached hydrogens (tertiary/aromatic N) is 1. The molecule has 1 heterocycles. The molecule has 2 aromatic rings. The highest BCUT2D eigenvalue weighted by Gasteiger charge is 2.16. The normalized spacial score (nSPS) is 12.1. The van der Waals surface area contributed by atoms with Gasteiger partial charge in [-0.15, -0.1) is 0 Å². The minimum absolute atomic E-state index is 0.0452. The maximum absolute atomic E-state index is 11.7. The predicted molar refractivity (Wildman–Crippen MR) is 85.7 cm³/mol. The van der Waals surface area contributed by atoms with Crippen LogP contribution in [0.1, 0.15) is 19.7 Å². The molecular formula is C16H21ClN3O2+. The van der Waals surface area contributed by atoms with Gasteiger partial charge < -0.3 is 14.6 Å². The van der Waals surface area contributed by atoms with Gasteiger partial charge in [-0.05, 0) is 38.1 Å². The number of carbonyl (C=O) groups excluding carboxylic acids is 1. The Morgan fingerprint density at radius 3 is 2.68 bits per heavy atom. The topological polar surface area (TPSA) is 59.6 Å². The fraction of sp³-hybridized carbons (Fsp3) is 0.375. The van der Waals surface area contributed by atoms with Gasteiger partial charge in [0.2, 0.25) is 0 Å². The third-order valence-corrected chi connectivity index (χ3v) is 3.62. The third kappa shape index (κ3) is 4.58. The average Bonchev–Trinajstić information content (AvgIpc) is 2.96. The zero-order chi connectivity index (χ0) is 15.9. The first-order valence-electron chi connectivity index (χ1n) is 7.43. The highest BCUT2D eigenvalue weighted by molar-refractivity contribution is 6.30. The SMILES string of the molecule is CCNC(=O)C[NH+](CC)Cc1ncc(-c2ccc(Cl)cc2)o1. The zero-order valence-corrected chi connectivity index (χ0v) is 13.6. The lowest BCUT2D eigenvalue weighted by Crippen LogP contribution is -3.11. The average molecular weight is 323 g/mol. The molecule has 0 spiro atoms. The van der Waals surface area contributed by atoms with Crippen molar-refractivity contribution in [2.45, 2.75) is 20.4 Å². The van der Waals surface area contributed by atoms with Crippen molar-refractivity contribution >= 4 is 17.5 Å². The van der Waals surface area contributed by atoms with E-state index >= 15 is 0 Å². The number of rotatable bonds is 7. The molecular weight excluding hydrogens is 302 g/mol. The Labute approximate surface area is 135 Å². The molecule has 2 rings (SSSR count). The molecule has 22 heavy (non-hydrogen) atoms. The van der Waals surface area contributed by atoms with Crippen LogP contribution in [0.3, 0.4) is 0 Å². The summed E-state index contributed by atoms with van der Waals surface area (Å²) in [6.45, 7) is 6.43. The summed E-state index contributed by atoms with van der Waals surface area (Å²) in [4.78, 5) is 17.1. The van der Waals surface area contributed by atoms with Crippen molar-refractivity contribution in [2.24, 2.45) is 0 Å². The third-order valence-electron chi connectivity index (χ3n) is 3.37. The number of hydrogen-bond acceptors (Lipinski definition) is 3. The molecule has 118 valence electrons. The fourth-order valence-corrected chi connectivity index (χ4v) is 2.28. The molecule has 5 nitrogen and oxygen atoms in total. The lowest BCUT2D eigenvalue weighted by Gasteiger charge is -2.14. The van der Waals surface area contributed by atoms with E-state index in [1.807, 2.05) is 38.1 Å². The van der Waals surface area contributed by atoms with Crippen molar-refractivity contribution in [3.8, 4) is 11.3 Å². The summed E-state index contributed by atoms with van der Waals surface area (Å²) >= 11 is 5.88. The van der Waals surface area contributed by atoms with Gasteiger partial charge in [0.1, 0.15) is 0 Å². The van der Waals surface area contributed by atoms with Crippen LogP contribution in [0.2, 0.25) is 5.02 Å². The minimum Gasteiger partial charge on any atom is -0.435 e. The standard InChI is InChI=1S/C16H20ClN3O2/c1-3-18-15(21)10-20(4-2)11-16-19-9-14(22-16)12-5-7-13(17)8-6-12/h5-9H,3-4,10-11H2,1-2H3,(H,18,21)/p+1. The van der Waals surface area contributed by atoms with Crippen molar-refractivity contribution in [3.05, 3.63) is 41.4 Å². The number of carbonyl (C=O) groups is 1. The Hall–Kier alpha value is -1.85. The van der Waals surface area contributed by atoms with Crippen molar-refractivity contribution in [1.82, 2.24) is 10.3 Å². The first-order valence-corrected chi connectivity index (χ1v) is 7.81. The molecule has 1 unspecified atom stereocenters. The number of oxazole rings is 1. The van der Waals surface area contributed by atoms with Gasteiger partial charge in [-0.3, -0.25) is 4.79 Å². The van der Waals surface area contributed by atoms with Crippen LogP contribution in [0.15, 0.2) is 34.9 Å². The fourth-order valence-electron chi connectivity index (χ4n) is 2.15. The number of hydrogen-bond donors (Lipinski definition) is 2. The Balaban J connectivity index is 2.01. The molecule has 6 heteroatoms. The maximum Gasteiger partial charge on any atom is 0.275 e. The van der Waals surface area contributed by atoms with Gasteiger partial charge in [0.15, 0.2) is 18.8 Å². The molecule has 0 aliphatic rings. The maximum atomic E-state index is 11.7. The number of quaternary nitrogens is 1. The lowest BCUT2D eigenvalue weighted by atomic mass is 10.2. The second-order valence-corrected chi connectivity index (χ2v) is 5.47. The molecule has 0 radical (unpaired) electrons. The number of nitrogens with one attached hydrogen (secondary N) is 2. The second kappa shape index (κ2) is 7.96. The van der Waals surface area contributed by atoms with Crippen LogP contribution in [0, 0.1) is 0 Å². The molecule has 1 aromatic carbocycles. The Bertz CT molecular complexity index is 610. The highest BCUT2D eigenvalue weighted by Crippen LogP contribution is 2.21. The van der Waals surface area contributed by atoms with E-state index in [2.05, 4.69) is 10.3 Å². The van der Waals surface area contributed by atoms with Crippen molar-refractivity contribution in [3.63, 3.8) is 0 Å². The largest absolute Gasteiger partial charge is 0.435 e. The molecule has 1 amide bonds. The first kappa shape index (κ1) is 16.5. The summed E-state index contributed by atoms with van der Waals surface area (Å²) < 4.78 is 5.78. The van der Waals surface area contributed by atoms with Gasteiger partial charge in [-0.1, -0.05) is 11.6 Å². The van der Waals surface area contributed by atoms with Gasteiger partial charge in [0.05, 0.1) is 12.7 Å². The predicted octanol–water partition coefficient (Wildman–Crippen LogP) is 1.54. The van der Waals surface area contributed by atoms with Gasteiger partial charge in [-0.2, -0.15) is 0 Å². The smallest absolute Gasteiger partial charge is 0.275 e. The first-order chi connectivity index (χ1) is 10.6. The quantitative estimate of drug-likeness (QED) is 0.813. The number of likely N-dealkylation sites (N-methyl/N-ethyl adjacent to an activating group) is 2. The summed E-state index contributed by atoms with van der Waals surface area (Å²) in [6.07, 6.45) is 1.71. The van der Waals surface area contributed by atoms with Gasteiger partial charge in [0.25, 0.3) is 11.8 Å². The summed E-state index contributed by atoms with van der Waals surface area (Å²) in [6, 6.07) is 7.42. The molecule has 0 fully saturated rings. The van der Waals surface area contributed by atoms with E-state index in [4.69, 9.17) is 16.0 Å². The number of halogens is 1. The van der Waals surface area contributed by atoms with E-state index < -0.39 is 0 Å². The van der Waals surface area contributed by atoms with Crippen LogP contribution < -0.4 is 10.2 Å². The molecule has 0 aliphatic heterocycles. The summed E-state index contributed by atoms with van der Waals surface area (Å²) in [5.74, 6) is 1.38. The van der Waals surface area contributed by atoms with E-state index in [1.54, 1.807) is 6.20 Å². The van der Waals surface area contributed by atoms with Crippen molar-refractivity contribution < 1.29 is 14.1 Å². The molecule has 2 N–H and O–H groups in total. The minimum atomic E-state index is 0.0452. The Kier molecular flexibility index (Phi) is 5.98. The van der Waals surface area contributed by atoms with Crippen LogP contribution in [0.4, 0.5) is 0 Å². The summed E-state index contributed by atoms with van der Waals surface area (Å²) in [5, 5.41) is 3.50. The van der Waals surface area contributed by atoms with Gasteiger partial charge >= 0.3 is 0 Å².